The normalized spacial score (nSPS) is 9.93. The third-order valence-electron chi connectivity index (χ3n) is 2.07. The van der Waals surface area contributed by atoms with Crippen LogP contribution in [0, 0.1) is 12.7 Å². The summed E-state index contributed by atoms with van der Waals surface area (Å²) in [7, 11) is 0. The lowest BCUT2D eigenvalue weighted by Crippen LogP contribution is -2.22. The molecule has 0 heterocycles. The first-order chi connectivity index (χ1) is 6.59. The lowest BCUT2D eigenvalue weighted by atomic mass is 10.1. The van der Waals surface area contributed by atoms with E-state index in [1.54, 1.807) is 6.07 Å². The first kappa shape index (κ1) is 10.7. The number of hydrogen-bond donors (Lipinski definition) is 1. The summed E-state index contributed by atoms with van der Waals surface area (Å²) in [5, 5.41) is 2.70. The topological polar surface area (TPSA) is 29.1 Å². The van der Waals surface area contributed by atoms with Crippen LogP contribution in [0.25, 0.3) is 0 Å². The molecule has 0 aromatic heterocycles. The molecule has 1 rings (SSSR count). The maximum absolute atomic E-state index is 12.7. The van der Waals surface area contributed by atoms with Gasteiger partial charge in [0.1, 0.15) is 5.82 Å². The summed E-state index contributed by atoms with van der Waals surface area (Å²) in [6.45, 7) is 3.95. The van der Waals surface area contributed by atoms with E-state index < -0.39 is 0 Å². The van der Waals surface area contributed by atoms with E-state index in [-0.39, 0.29) is 11.7 Å². The molecular weight excluding hydrogens is 181 g/mol. The Morgan fingerprint density at radius 2 is 2.21 bits per heavy atom. The highest BCUT2D eigenvalue weighted by Gasteiger charge is 2.00. The van der Waals surface area contributed by atoms with Crippen LogP contribution in [-0.4, -0.2) is 12.5 Å². The molecule has 0 spiro atoms. The quantitative estimate of drug-likeness (QED) is 0.783. The van der Waals surface area contributed by atoms with E-state index in [1.807, 2.05) is 6.92 Å². The second-order valence-electron chi connectivity index (χ2n) is 3.30. The Morgan fingerprint density at radius 1 is 1.50 bits per heavy atom. The Kier molecular flexibility index (Phi) is 3.63. The predicted octanol–water partition coefficient (Wildman–Crippen LogP) is 1.81. The summed E-state index contributed by atoms with van der Waals surface area (Å²) >= 11 is 0. The van der Waals surface area contributed by atoms with Crippen molar-refractivity contribution in [3.63, 3.8) is 0 Å². The van der Waals surface area contributed by atoms with E-state index in [0.29, 0.717) is 6.54 Å². The Bertz CT molecular complexity index is 336. The number of amides is 1. The van der Waals surface area contributed by atoms with Crippen LogP contribution in [0.4, 0.5) is 4.39 Å². The van der Waals surface area contributed by atoms with E-state index in [0.717, 1.165) is 17.5 Å². The lowest BCUT2D eigenvalue weighted by Gasteiger charge is -2.05. The van der Waals surface area contributed by atoms with Gasteiger partial charge in [-0.15, -0.1) is 0 Å². The largest absolute Gasteiger partial charge is 0.356 e. The molecule has 2 nitrogen and oxygen atoms in total. The van der Waals surface area contributed by atoms with Crippen LogP contribution in [0.3, 0.4) is 0 Å². The molecule has 1 aromatic rings. The SMILES string of the molecule is CC(=O)NCCc1ccc(F)cc1C. The van der Waals surface area contributed by atoms with Crippen molar-refractivity contribution in [1.29, 1.82) is 0 Å². The molecule has 0 radical (unpaired) electrons. The first-order valence-electron chi connectivity index (χ1n) is 4.59. The summed E-state index contributed by atoms with van der Waals surface area (Å²) < 4.78 is 12.7. The fourth-order valence-corrected chi connectivity index (χ4v) is 1.31. The molecule has 0 aliphatic carbocycles. The second kappa shape index (κ2) is 4.74. The van der Waals surface area contributed by atoms with Crippen molar-refractivity contribution < 1.29 is 9.18 Å². The fraction of sp³-hybridized carbons (Fsp3) is 0.364. The summed E-state index contributed by atoms with van der Waals surface area (Å²) in [5.74, 6) is -0.254. The molecule has 1 N–H and O–H groups in total. The lowest BCUT2D eigenvalue weighted by molar-refractivity contribution is -0.118. The van der Waals surface area contributed by atoms with E-state index in [4.69, 9.17) is 0 Å². The summed E-state index contributed by atoms with van der Waals surface area (Å²) in [6.07, 6.45) is 0.742. The molecule has 0 fully saturated rings. The van der Waals surface area contributed by atoms with Crippen LogP contribution in [-0.2, 0) is 11.2 Å². The van der Waals surface area contributed by atoms with Crippen LogP contribution in [0.5, 0.6) is 0 Å². The molecule has 1 aromatic carbocycles. The van der Waals surface area contributed by atoms with Gasteiger partial charge in [-0.1, -0.05) is 6.07 Å². The number of hydrogen-bond acceptors (Lipinski definition) is 1. The van der Waals surface area contributed by atoms with Crippen LogP contribution in [0.1, 0.15) is 18.1 Å². The van der Waals surface area contributed by atoms with E-state index in [1.165, 1.54) is 19.1 Å². The van der Waals surface area contributed by atoms with Crippen molar-refractivity contribution >= 4 is 5.91 Å². The minimum Gasteiger partial charge on any atom is -0.356 e. The number of halogens is 1. The molecule has 0 saturated carbocycles. The number of aryl methyl sites for hydroxylation is 1. The average Bonchev–Trinajstić information content (AvgIpc) is 2.08. The Labute approximate surface area is 83.1 Å². The van der Waals surface area contributed by atoms with Crippen LogP contribution < -0.4 is 5.32 Å². The smallest absolute Gasteiger partial charge is 0.216 e. The van der Waals surface area contributed by atoms with E-state index >= 15 is 0 Å². The van der Waals surface area contributed by atoms with Gasteiger partial charge in [-0.05, 0) is 36.6 Å². The molecule has 14 heavy (non-hydrogen) atoms. The molecular formula is C11H14FNO. The molecule has 0 aliphatic rings. The van der Waals surface area contributed by atoms with Crippen molar-refractivity contribution in [2.45, 2.75) is 20.3 Å². The van der Waals surface area contributed by atoms with Crippen molar-refractivity contribution in [3.8, 4) is 0 Å². The summed E-state index contributed by atoms with van der Waals surface area (Å²) in [6, 6.07) is 4.70. The molecule has 0 atom stereocenters. The molecule has 0 bridgehead atoms. The molecule has 0 saturated heterocycles. The molecule has 0 aliphatic heterocycles. The number of nitrogens with one attached hydrogen (secondary N) is 1. The van der Waals surface area contributed by atoms with Gasteiger partial charge in [-0.3, -0.25) is 4.79 Å². The Balaban J connectivity index is 2.55. The van der Waals surface area contributed by atoms with Gasteiger partial charge in [0.15, 0.2) is 0 Å². The molecule has 1 amide bonds. The fourth-order valence-electron chi connectivity index (χ4n) is 1.31. The van der Waals surface area contributed by atoms with Gasteiger partial charge in [0.05, 0.1) is 0 Å². The third kappa shape index (κ3) is 3.17. The second-order valence-corrected chi connectivity index (χ2v) is 3.30. The van der Waals surface area contributed by atoms with Gasteiger partial charge in [0.25, 0.3) is 0 Å². The standard InChI is InChI=1S/C11H14FNO/c1-8-7-11(12)4-3-10(8)5-6-13-9(2)14/h3-4,7H,5-6H2,1-2H3,(H,13,14). The van der Waals surface area contributed by atoms with Crippen LogP contribution >= 0.6 is 0 Å². The van der Waals surface area contributed by atoms with Crippen molar-refractivity contribution in [2.75, 3.05) is 6.54 Å². The van der Waals surface area contributed by atoms with Gasteiger partial charge in [-0.25, -0.2) is 4.39 Å². The molecule has 0 unspecified atom stereocenters. The van der Waals surface area contributed by atoms with E-state index in [2.05, 4.69) is 5.32 Å². The van der Waals surface area contributed by atoms with E-state index in [9.17, 15) is 9.18 Å². The highest BCUT2D eigenvalue weighted by atomic mass is 19.1. The highest BCUT2D eigenvalue weighted by molar-refractivity contribution is 5.72. The zero-order valence-corrected chi connectivity index (χ0v) is 8.43. The maximum Gasteiger partial charge on any atom is 0.216 e. The van der Waals surface area contributed by atoms with Crippen LogP contribution in [0.15, 0.2) is 18.2 Å². The van der Waals surface area contributed by atoms with Gasteiger partial charge in [0, 0.05) is 13.5 Å². The van der Waals surface area contributed by atoms with Crippen LogP contribution in [0.2, 0.25) is 0 Å². The number of rotatable bonds is 3. The Morgan fingerprint density at radius 3 is 2.79 bits per heavy atom. The first-order valence-corrected chi connectivity index (χ1v) is 4.59. The Hall–Kier alpha value is -1.38. The zero-order chi connectivity index (χ0) is 10.6. The average molecular weight is 195 g/mol. The number of carbonyl (C=O) groups is 1. The van der Waals surface area contributed by atoms with Gasteiger partial charge >= 0.3 is 0 Å². The zero-order valence-electron chi connectivity index (χ0n) is 8.43. The maximum atomic E-state index is 12.7. The monoisotopic (exact) mass is 195 g/mol. The molecule has 76 valence electrons. The summed E-state index contributed by atoms with van der Waals surface area (Å²) in [4.78, 5) is 10.6. The van der Waals surface area contributed by atoms with Gasteiger partial charge in [-0.2, -0.15) is 0 Å². The van der Waals surface area contributed by atoms with Crippen molar-refractivity contribution in [3.05, 3.63) is 35.1 Å². The van der Waals surface area contributed by atoms with Crippen molar-refractivity contribution in [2.24, 2.45) is 0 Å². The molecule has 3 heteroatoms. The minimum atomic E-state index is -0.217. The predicted molar refractivity (Wildman–Crippen MR) is 53.5 cm³/mol. The van der Waals surface area contributed by atoms with Gasteiger partial charge in [0.2, 0.25) is 5.91 Å². The van der Waals surface area contributed by atoms with Gasteiger partial charge < -0.3 is 5.32 Å². The number of benzene rings is 1. The third-order valence-corrected chi connectivity index (χ3v) is 2.07. The highest BCUT2D eigenvalue weighted by Crippen LogP contribution is 2.10. The minimum absolute atomic E-state index is 0.0373. The summed E-state index contributed by atoms with van der Waals surface area (Å²) in [5.41, 5.74) is 2.00. The number of carbonyl (C=O) groups excluding carboxylic acids is 1. The van der Waals surface area contributed by atoms with Crippen molar-refractivity contribution in [1.82, 2.24) is 5.32 Å².